The van der Waals surface area contributed by atoms with Crippen molar-refractivity contribution in [2.24, 2.45) is 0 Å². The maximum Gasteiger partial charge on any atom is 0.274 e. The van der Waals surface area contributed by atoms with Crippen LogP contribution in [0.1, 0.15) is 10.4 Å². The Morgan fingerprint density at radius 1 is 1.09 bits per heavy atom. The number of halogens is 2. The number of hydrogen-bond acceptors (Lipinski definition) is 4. The topological polar surface area (TPSA) is 67.8 Å². The minimum absolute atomic E-state index is 0.0228. The molecule has 0 aliphatic rings. The number of hydrogen-bond donors (Lipinski definition) is 2. The quantitative estimate of drug-likeness (QED) is 0.766. The maximum absolute atomic E-state index is 13.0. The summed E-state index contributed by atoms with van der Waals surface area (Å²) in [5, 5.41) is 9.66. The second-order valence-corrected chi connectivity index (χ2v) is 4.65. The van der Waals surface area contributed by atoms with E-state index in [0.29, 0.717) is 5.75 Å². The average molecular weight is 323 g/mol. The molecule has 2 aromatic carbocycles. The molecule has 0 aliphatic heterocycles. The molecule has 0 saturated carbocycles. The lowest BCUT2D eigenvalue weighted by Gasteiger charge is -2.13. The molecular formula is C16H15F2NO4. The van der Waals surface area contributed by atoms with Crippen LogP contribution in [0.15, 0.2) is 48.5 Å². The first-order chi connectivity index (χ1) is 11.1. The van der Waals surface area contributed by atoms with Crippen LogP contribution >= 0.6 is 0 Å². The van der Waals surface area contributed by atoms with Gasteiger partial charge in [0, 0.05) is 5.56 Å². The number of carbonyl (C=O) groups is 1. The van der Waals surface area contributed by atoms with Gasteiger partial charge in [-0.3, -0.25) is 9.63 Å². The van der Waals surface area contributed by atoms with Crippen molar-refractivity contribution in [2.75, 3.05) is 13.2 Å². The number of ether oxygens (including phenoxy) is 1. The molecule has 7 heteroatoms. The molecule has 2 rings (SSSR count). The highest BCUT2D eigenvalue weighted by Gasteiger charge is 2.11. The number of hydroxylamine groups is 1. The smallest absolute Gasteiger partial charge is 0.274 e. The van der Waals surface area contributed by atoms with Crippen molar-refractivity contribution in [3.05, 3.63) is 65.7 Å². The van der Waals surface area contributed by atoms with Gasteiger partial charge in [0.25, 0.3) is 5.91 Å². The monoisotopic (exact) mass is 323 g/mol. The van der Waals surface area contributed by atoms with Gasteiger partial charge in [-0.15, -0.1) is 0 Å². The van der Waals surface area contributed by atoms with Crippen molar-refractivity contribution in [1.82, 2.24) is 5.48 Å². The number of para-hydroxylation sites is 1. The summed E-state index contributed by atoms with van der Waals surface area (Å²) in [5.41, 5.74) is 1.93. The molecule has 0 radical (unpaired) electrons. The van der Waals surface area contributed by atoms with Crippen molar-refractivity contribution in [2.45, 2.75) is 6.10 Å². The Hall–Kier alpha value is -2.51. The standard InChI is InChI=1S/C16H15F2NO4/c17-14-7-6-11(8-15(14)18)16(21)19-23-10-12(20)9-22-13-4-2-1-3-5-13/h1-8,12,20H,9-10H2,(H,19,21). The molecule has 5 nitrogen and oxygen atoms in total. The van der Waals surface area contributed by atoms with E-state index in [1.54, 1.807) is 24.3 Å². The first-order valence-electron chi connectivity index (χ1n) is 6.79. The molecule has 0 heterocycles. The van der Waals surface area contributed by atoms with Crippen molar-refractivity contribution in [3.63, 3.8) is 0 Å². The summed E-state index contributed by atoms with van der Waals surface area (Å²) in [7, 11) is 0. The number of carbonyl (C=O) groups excluding carboxylic acids is 1. The van der Waals surface area contributed by atoms with Gasteiger partial charge in [-0.05, 0) is 30.3 Å². The van der Waals surface area contributed by atoms with Crippen LogP contribution in [0.5, 0.6) is 5.75 Å². The Morgan fingerprint density at radius 2 is 1.83 bits per heavy atom. The summed E-state index contributed by atoms with van der Waals surface area (Å²) in [6, 6.07) is 11.6. The normalized spacial score (nSPS) is 11.8. The number of aliphatic hydroxyl groups excluding tert-OH is 1. The number of aliphatic hydroxyl groups is 1. The summed E-state index contributed by atoms with van der Waals surface area (Å²) in [6.45, 7) is -0.243. The van der Waals surface area contributed by atoms with Crippen LogP contribution in [0.4, 0.5) is 8.78 Å². The van der Waals surface area contributed by atoms with Crippen molar-refractivity contribution in [1.29, 1.82) is 0 Å². The van der Waals surface area contributed by atoms with E-state index in [0.717, 1.165) is 18.2 Å². The highest BCUT2D eigenvalue weighted by molar-refractivity contribution is 5.93. The zero-order valence-electron chi connectivity index (χ0n) is 12.0. The molecule has 23 heavy (non-hydrogen) atoms. The van der Waals surface area contributed by atoms with E-state index in [2.05, 4.69) is 0 Å². The Bertz CT molecular complexity index is 652. The summed E-state index contributed by atoms with van der Waals surface area (Å²) in [4.78, 5) is 16.5. The highest BCUT2D eigenvalue weighted by atomic mass is 19.2. The van der Waals surface area contributed by atoms with Crippen LogP contribution in [-0.4, -0.2) is 30.3 Å². The molecule has 2 N–H and O–H groups in total. The molecule has 1 amide bonds. The van der Waals surface area contributed by atoms with Crippen molar-refractivity contribution in [3.8, 4) is 5.75 Å². The zero-order valence-corrected chi connectivity index (χ0v) is 12.0. The van der Waals surface area contributed by atoms with E-state index in [-0.39, 0.29) is 18.8 Å². The van der Waals surface area contributed by atoms with Crippen molar-refractivity contribution < 1.29 is 28.3 Å². The molecular weight excluding hydrogens is 308 g/mol. The predicted octanol–water partition coefficient (Wildman–Crippen LogP) is 2.07. The number of amides is 1. The molecule has 1 atom stereocenters. The minimum Gasteiger partial charge on any atom is -0.491 e. The molecule has 0 saturated heterocycles. The van der Waals surface area contributed by atoms with Gasteiger partial charge in [0.15, 0.2) is 11.6 Å². The third kappa shape index (κ3) is 5.32. The van der Waals surface area contributed by atoms with Crippen LogP contribution < -0.4 is 10.2 Å². The molecule has 0 spiro atoms. The minimum atomic E-state index is -1.13. The van der Waals surface area contributed by atoms with Crippen LogP contribution in [-0.2, 0) is 4.84 Å². The van der Waals surface area contributed by atoms with Gasteiger partial charge in [-0.25, -0.2) is 14.3 Å². The second kappa shape index (κ2) is 8.21. The van der Waals surface area contributed by atoms with E-state index in [9.17, 15) is 18.7 Å². The fourth-order valence-electron chi connectivity index (χ4n) is 1.66. The van der Waals surface area contributed by atoms with E-state index in [4.69, 9.17) is 9.57 Å². The molecule has 122 valence electrons. The van der Waals surface area contributed by atoms with Gasteiger partial charge < -0.3 is 9.84 Å². The molecule has 2 aromatic rings. The highest BCUT2D eigenvalue weighted by Crippen LogP contribution is 2.09. The van der Waals surface area contributed by atoms with E-state index in [1.165, 1.54) is 0 Å². The molecule has 0 bridgehead atoms. The van der Waals surface area contributed by atoms with E-state index in [1.807, 2.05) is 11.5 Å². The number of nitrogens with one attached hydrogen (secondary N) is 1. The summed E-state index contributed by atoms with van der Waals surface area (Å²) in [6.07, 6.45) is -0.972. The second-order valence-electron chi connectivity index (χ2n) is 4.65. The van der Waals surface area contributed by atoms with Crippen molar-refractivity contribution >= 4 is 5.91 Å². The molecule has 0 aromatic heterocycles. The summed E-state index contributed by atoms with van der Waals surface area (Å²) >= 11 is 0. The molecule has 0 fully saturated rings. The Kier molecular flexibility index (Phi) is 6.02. The lowest BCUT2D eigenvalue weighted by atomic mass is 10.2. The third-order valence-electron chi connectivity index (χ3n) is 2.81. The SMILES string of the molecule is O=C(NOCC(O)COc1ccccc1)c1ccc(F)c(F)c1. The van der Waals surface area contributed by atoms with Crippen LogP contribution in [0, 0.1) is 11.6 Å². The fourth-order valence-corrected chi connectivity index (χ4v) is 1.66. The maximum atomic E-state index is 13.0. The third-order valence-corrected chi connectivity index (χ3v) is 2.81. The Labute approximate surface area is 131 Å². The predicted molar refractivity (Wildman–Crippen MR) is 77.7 cm³/mol. The van der Waals surface area contributed by atoms with Gasteiger partial charge in [-0.2, -0.15) is 0 Å². The van der Waals surface area contributed by atoms with Gasteiger partial charge in [0.2, 0.25) is 0 Å². The first kappa shape index (κ1) is 16.9. The van der Waals surface area contributed by atoms with Gasteiger partial charge in [0.1, 0.15) is 25.1 Å². The number of benzene rings is 2. The molecule has 1 unspecified atom stereocenters. The largest absolute Gasteiger partial charge is 0.491 e. The summed E-state index contributed by atoms with van der Waals surface area (Å²) in [5.74, 6) is -2.33. The fraction of sp³-hybridized carbons (Fsp3) is 0.188. The lowest BCUT2D eigenvalue weighted by molar-refractivity contribution is -0.0259. The first-order valence-corrected chi connectivity index (χ1v) is 6.79. The Morgan fingerprint density at radius 3 is 2.52 bits per heavy atom. The number of rotatable bonds is 7. The van der Waals surface area contributed by atoms with Gasteiger partial charge in [0.05, 0.1) is 0 Å². The summed E-state index contributed by atoms with van der Waals surface area (Å²) < 4.78 is 31.1. The lowest BCUT2D eigenvalue weighted by Crippen LogP contribution is -2.31. The van der Waals surface area contributed by atoms with Crippen LogP contribution in [0.25, 0.3) is 0 Å². The van der Waals surface area contributed by atoms with Crippen LogP contribution in [0.3, 0.4) is 0 Å². The molecule has 0 aliphatic carbocycles. The van der Waals surface area contributed by atoms with Gasteiger partial charge >= 0.3 is 0 Å². The van der Waals surface area contributed by atoms with Gasteiger partial charge in [-0.1, -0.05) is 18.2 Å². The Balaban J connectivity index is 1.71. The zero-order chi connectivity index (χ0) is 16.7. The average Bonchev–Trinajstić information content (AvgIpc) is 2.56. The van der Waals surface area contributed by atoms with Crippen LogP contribution in [0.2, 0.25) is 0 Å². The van der Waals surface area contributed by atoms with E-state index < -0.39 is 23.6 Å². The van der Waals surface area contributed by atoms with E-state index >= 15 is 0 Å².